The number of carbonyl (C=O) groups is 2. The first-order chi connectivity index (χ1) is 12.1. The number of carboxylic acids is 1. The van der Waals surface area contributed by atoms with Crippen LogP contribution in [0.4, 0.5) is 0 Å². The molecule has 0 spiro atoms. The lowest BCUT2D eigenvalue weighted by molar-refractivity contribution is -0.149. The second kappa shape index (κ2) is 5.76. The Morgan fingerprint density at radius 1 is 1.20 bits per heavy atom. The van der Waals surface area contributed by atoms with Crippen molar-refractivity contribution < 1.29 is 19.4 Å². The average molecular weight is 339 g/mol. The molecule has 0 bridgehead atoms. The molecule has 5 nitrogen and oxygen atoms in total. The number of aliphatic carboxylic acids is 1. The molecule has 1 aliphatic heterocycles. The largest absolute Gasteiger partial charge is 0.496 e. The van der Waals surface area contributed by atoms with E-state index in [2.05, 4.69) is 0 Å². The number of carbonyl (C=O) groups excluding carboxylic acids is 1. The minimum Gasteiger partial charge on any atom is -0.496 e. The molecule has 1 N–H and O–H groups in total. The number of rotatable bonds is 3. The van der Waals surface area contributed by atoms with Gasteiger partial charge < -0.3 is 14.7 Å². The second-order valence-electron chi connectivity index (χ2n) is 7.10. The van der Waals surface area contributed by atoms with Gasteiger partial charge in [-0.3, -0.25) is 9.59 Å². The lowest BCUT2D eigenvalue weighted by atomic mass is 9.81. The van der Waals surface area contributed by atoms with Crippen molar-refractivity contribution in [3.05, 3.63) is 42.0 Å². The van der Waals surface area contributed by atoms with Crippen LogP contribution in [0.2, 0.25) is 0 Å². The fourth-order valence-corrected chi connectivity index (χ4v) is 4.60. The summed E-state index contributed by atoms with van der Waals surface area (Å²) in [5.74, 6) is -0.0512. The molecule has 2 atom stereocenters. The number of likely N-dealkylation sites (tertiary alicyclic amines) is 1. The van der Waals surface area contributed by atoms with Crippen molar-refractivity contribution in [2.45, 2.75) is 19.3 Å². The van der Waals surface area contributed by atoms with E-state index in [4.69, 9.17) is 4.74 Å². The minimum atomic E-state index is -0.759. The Balaban J connectivity index is 1.71. The van der Waals surface area contributed by atoms with Crippen LogP contribution in [-0.2, 0) is 4.79 Å². The van der Waals surface area contributed by atoms with Gasteiger partial charge in [0.1, 0.15) is 5.75 Å². The third-order valence-electron chi connectivity index (χ3n) is 5.92. The first-order valence-electron chi connectivity index (χ1n) is 8.65. The maximum absolute atomic E-state index is 13.1. The molecule has 25 heavy (non-hydrogen) atoms. The van der Waals surface area contributed by atoms with E-state index in [0.717, 1.165) is 29.4 Å². The average Bonchev–Trinajstić information content (AvgIpc) is 3.18. The smallest absolute Gasteiger partial charge is 0.311 e. The van der Waals surface area contributed by atoms with Crippen LogP contribution in [-0.4, -0.2) is 42.1 Å². The van der Waals surface area contributed by atoms with Crippen molar-refractivity contribution in [3.8, 4) is 5.75 Å². The monoisotopic (exact) mass is 339 g/mol. The van der Waals surface area contributed by atoms with Gasteiger partial charge in [-0.25, -0.2) is 0 Å². The van der Waals surface area contributed by atoms with E-state index in [-0.39, 0.29) is 11.8 Å². The third kappa shape index (κ3) is 2.29. The summed E-state index contributed by atoms with van der Waals surface area (Å²) in [6, 6.07) is 11.2. The molecular formula is C20H21NO4. The summed E-state index contributed by atoms with van der Waals surface area (Å²) in [6.07, 6.45) is 2.49. The summed E-state index contributed by atoms with van der Waals surface area (Å²) in [7, 11) is 1.61. The highest BCUT2D eigenvalue weighted by molar-refractivity contribution is 6.08. The predicted molar refractivity (Wildman–Crippen MR) is 93.8 cm³/mol. The molecule has 5 heteroatoms. The van der Waals surface area contributed by atoms with Gasteiger partial charge in [0.15, 0.2) is 0 Å². The van der Waals surface area contributed by atoms with E-state index in [1.807, 2.05) is 24.3 Å². The van der Waals surface area contributed by atoms with E-state index in [1.54, 1.807) is 24.1 Å². The van der Waals surface area contributed by atoms with Gasteiger partial charge in [-0.2, -0.15) is 0 Å². The zero-order chi connectivity index (χ0) is 17.6. The van der Waals surface area contributed by atoms with Crippen LogP contribution >= 0.6 is 0 Å². The van der Waals surface area contributed by atoms with Crippen LogP contribution < -0.4 is 4.74 Å². The van der Waals surface area contributed by atoms with E-state index in [1.165, 1.54) is 0 Å². The number of hydrogen-bond acceptors (Lipinski definition) is 3. The molecule has 1 heterocycles. The number of methoxy groups -OCH3 is 1. The van der Waals surface area contributed by atoms with Gasteiger partial charge in [0.25, 0.3) is 5.91 Å². The minimum absolute atomic E-state index is 0.0680. The maximum atomic E-state index is 13.1. The third-order valence-corrected chi connectivity index (χ3v) is 5.92. The fourth-order valence-electron chi connectivity index (χ4n) is 4.60. The quantitative estimate of drug-likeness (QED) is 0.933. The Morgan fingerprint density at radius 2 is 1.96 bits per heavy atom. The molecule has 2 fully saturated rings. The van der Waals surface area contributed by atoms with Crippen molar-refractivity contribution in [3.63, 3.8) is 0 Å². The van der Waals surface area contributed by atoms with E-state index in [9.17, 15) is 14.7 Å². The van der Waals surface area contributed by atoms with Gasteiger partial charge in [-0.15, -0.1) is 0 Å². The number of ether oxygens (including phenoxy) is 1. The molecule has 0 aromatic heterocycles. The highest BCUT2D eigenvalue weighted by Gasteiger charge is 2.55. The maximum Gasteiger partial charge on any atom is 0.311 e. The normalized spacial score (nSPS) is 25.2. The zero-order valence-corrected chi connectivity index (χ0v) is 14.2. The van der Waals surface area contributed by atoms with Crippen molar-refractivity contribution in [2.75, 3.05) is 20.2 Å². The number of fused-ring (bicyclic) bond motifs is 2. The highest BCUT2D eigenvalue weighted by Crippen LogP contribution is 2.49. The predicted octanol–water partition coefficient (Wildman–Crippen LogP) is 3.18. The van der Waals surface area contributed by atoms with Crippen molar-refractivity contribution >= 4 is 22.6 Å². The molecule has 2 aliphatic rings. The number of benzene rings is 2. The molecule has 1 aliphatic carbocycles. The molecule has 1 amide bonds. The number of amides is 1. The van der Waals surface area contributed by atoms with Crippen LogP contribution in [0.15, 0.2) is 36.4 Å². The summed E-state index contributed by atoms with van der Waals surface area (Å²) in [4.78, 5) is 26.7. The Bertz CT molecular complexity index is 862. The molecule has 2 aromatic rings. The first kappa shape index (κ1) is 15.9. The number of nitrogens with zero attached hydrogens (tertiary/aromatic N) is 1. The van der Waals surface area contributed by atoms with Gasteiger partial charge in [0.2, 0.25) is 0 Å². The molecular weight excluding hydrogens is 318 g/mol. The molecule has 0 unspecified atom stereocenters. The van der Waals surface area contributed by atoms with Crippen molar-refractivity contribution in [2.24, 2.45) is 11.3 Å². The fraction of sp³-hybridized carbons (Fsp3) is 0.400. The van der Waals surface area contributed by atoms with Crippen molar-refractivity contribution in [1.29, 1.82) is 0 Å². The summed E-state index contributed by atoms with van der Waals surface area (Å²) in [6.45, 7) is 0.845. The topological polar surface area (TPSA) is 66.8 Å². The Morgan fingerprint density at radius 3 is 2.64 bits per heavy atom. The molecule has 4 rings (SSSR count). The van der Waals surface area contributed by atoms with E-state index >= 15 is 0 Å². The summed E-state index contributed by atoms with van der Waals surface area (Å²) < 4.78 is 5.39. The van der Waals surface area contributed by atoms with Crippen molar-refractivity contribution in [1.82, 2.24) is 4.90 Å². The van der Waals surface area contributed by atoms with Gasteiger partial charge in [-0.05, 0) is 36.3 Å². The van der Waals surface area contributed by atoms with Gasteiger partial charge >= 0.3 is 5.97 Å². The Labute approximate surface area is 146 Å². The highest BCUT2D eigenvalue weighted by atomic mass is 16.5. The molecule has 2 aromatic carbocycles. The summed E-state index contributed by atoms with van der Waals surface area (Å²) in [5, 5.41) is 11.5. The SMILES string of the molecule is COc1ccc(C(=O)N2C[C@@H]3CCC[C@@]3(C(=O)O)C2)c2ccccc12. The van der Waals surface area contributed by atoms with Crippen LogP contribution in [0.3, 0.4) is 0 Å². The second-order valence-corrected chi connectivity index (χ2v) is 7.10. The van der Waals surface area contributed by atoms with Gasteiger partial charge in [0.05, 0.1) is 12.5 Å². The zero-order valence-electron chi connectivity index (χ0n) is 14.2. The molecule has 1 saturated carbocycles. The summed E-state index contributed by atoms with van der Waals surface area (Å²) >= 11 is 0. The van der Waals surface area contributed by atoms with E-state index in [0.29, 0.717) is 25.1 Å². The lowest BCUT2D eigenvalue weighted by Crippen LogP contribution is -2.37. The molecule has 130 valence electrons. The van der Waals surface area contributed by atoms with Crippen LogP contribution in [0, 0.1) is 11.3 Å². The first-order valence-corrected chi connectivity index (χ1v) is 8.65. The van der Waals surface area contributed by atoms with Gasteiger partial charge in [0, 0.05) is 24.0 Å². The number of hydrogen-bond donors (Lipinski definition) is 1. The Kier molecular flexibility index (Phi) is 3.67. The Hall–Kier alpha value is -2.56. The molecule has 1 saturated heterocycles. The van der Waals surface area contributed by atoms with E-state index < -0.39 is 11.4 Å². The number of carboxylic acid groups (broad SMARTS) is 1. The summed E-state index contributed by atoms with van der Waals surface area (Å²) in [5.41, 5.74) is -0.144. The molecule has 0 radical (unpaired) electrons. The van der Waals surface area contributed by atoms with Crippen LogP contribution in [0.1, 0.15) is 29.6 Å². The standard InChI is InChI=1S/C20H21NO4/c1-25-17-9-8-16(14-6-2-3-7-15(14)17)18(22)21-11-13-5-4-10-20(13,12-21)19(23)24/h2-3,6-9,13H,4-5,10-12H2,1H3,(H,23,24)/t13-,20+/m0/s1. The van der Waals surface area contributed by atoms with Crippen LogP contribution in [0.5, 0.6) is 5.75 Å². The van der Waals surface area contributed by atoms with Gasteiger partial charge in [-0.1, -0.05) is 30.7 Å². The van der Waals surface area contributed by atoms with Crippen LogP contribution in [0.25, 0.3) is 10.8 Å². The lowest BCUT2D eigenvalue weighted by Gasteiger charge is -2.23.